The van der Waals surface area contributed by atoms with E-state index in [-0.39, 0.29) is 0 Å². The molecule has 2 aromatic carbocycles. The Morgan fingerprint density at radius 1 is 1.27 bits per heavy atom. The number of benzene rings is 2. The summed E-state index contributed by atoms with van der Waals surface area (Å²) in [7, 11) is 0. The van der Waals surface area contributed by atoms with Crippen molar-refractivity contribution in [2.75, 3.05) is 6.54 Å². The molecule has 1 aliphatic heterocycles. The van der Waals surface area contributed by atoms with Gasteiger partial charge in [-0.05, 0) is 36.2 Å². The lowest BCUT2D eigenvalue weighted by Gasteiger charge is -2.22. The van der Waals surface area contributed by atoms with Gasteiger partial charge in [0.15, 0.2) is 6.10 Å². The van der Waals surface area contributed by atoms with Gasteiger partial charge >= 0.3 is 12.0 Å². The number of rotatable bonds is 4. The molecule has 1 aliphatic rings. The Morgan fingerprint density at radius 3 is 2.65 bits per heavy atom. The molecule has 3 amide bonds. The summed E-state index contributed by atoms with van der Waals surface area (Å²) in [5.41, 5.74) is -0.654. The third kappa shape index (κ3) is 2.97. The van der Waals surface area contributed by atoms with E-state index in [0.717, 1.165) is 15.7 Å². The number of carbonyl (C=O) groups excluding carboxylic acids is 3. The molecular weight excluding hydrogens is 334 g/mol. The van der Waals surface area contributed by atoms with Crippen molar-refractivity contribution in [2.24, 2.45) is 0 Å². The maximum Gasteiger partial charge on any atom is 0.327 e. The fourth-order valence-corrected chi connectivity index (χ4v) is 2.93. The van der Waals surface area contributed by atoms with Crippen LogP contribution in [0.3, 0.4) is 0 Å². The molecule has 3 rings (SSSR count). The minimum Gasteiger partial charge on any atom is -0.446 e. The number of fused-ring (bicyclic) bond motifs is 1. The van der Waals surface area contributed by atoms with Crippen LogP contribution in [-0.2, 0) is 19.9 Å². The van der Waals surface area contributed by atoms with Crippen molar-refractivity contribution in [3.8, 4) is 6.07 Å². The largest absolute Gasteiger partial charge is 0.446 e. The Labute approximate surface area is 150 Å². The lowest BCUT2D eigenvalue weighted by Crippen LogP contribution is -2.41. The van der Waals surface area contributed by atoms with E-state index in [1.165, 1.54) is 6.92 Å². The summed E-state index contributed by atoms with van der Waals surface area (Å²) in [4.78, 5) is 37.7. The first kappa shape index (κ1) is 17.4. The number of hydrogen-bond acceptors (Lipinski definition) is 5. The molecule has 2 aromatic rings. The van der Waals surface area contributed by atoms with E-state index < -0.39 is 36.1 Å². The average molecular weight is 351 g/mol. The lowest BCUT2D eigenvalue weighted by molar-refractivity contribution is -0.149. The van der Waals surface area contributed by atoms with E-state index in [1.807, 2.05) is 36.4 Å². The van der Waals surface area contributed by atoms with Crippen molar-refractivity contribution in [1.82, 2.24) is 10.2 Å². The topological polar surface area (TPSA) is 99.5 Å². The SMILES string of the molecule is C[C@@H](C#N)OC(=O)CN1C(=O)N[C@](C)(c2ccc3ccccc3c2)C1=O. The molecule has 0 unspecified atom stereocenters. The molecule has 7 nitrogen and oxygen atoms in total. The Balaban J connectivity index is 1.86. The molecular formula is C19H17N3O4. The molecule has 7 heteroatoms. The summed E-state index contributed by atoms with van der Waals surface area (Å²) in [6.07, 6.45) is -0.949. The smallest absolute Gasteiger partial charge is 0.327 e. The van der Waals surface area contributed by atoms with Crippen LogP contribution in [0.4, 0.5) is 4.79 Å². The summed E-state index contributed by atoms with van der Waals surface area (Å²) >= 11 is 0. The van der Waals surface area contributed by atoms with Crippen molar-refractivity contribution in [1.29, 1.82) is 5.26 Å². The number of amides is 3. The Morgan fingerprint density at radius 2 is 1.96 bits per heavy atom. The van der Waals surface area contributed by atoms with E-state index >= 15 is 0 Å². The molecule has 0 spiro atoms. The number of nitrogens with zero attached hydrogens (tertiary/aromatic N) is 2. The molecule has 1 N–H and O–H groups in total. The van der Waals surface area contributed by atoms with E-state index in [4.69, 9.17) is 10.00 Å². The van der Waals surface area contributed by atoms with Gasteiger partial charge in [0.05, 0.1) is 0 Å². The number of esters is 1. The van der Waals surface area contributed by atoms with E-state index in [1.54, 1.807) is 19.1 Å². The van der Waals surface area contributed by atoms with Crippen LogP contribution in [0.1, 0.15) is 19.4 Å². The standard InChI is InChI=1S/C19H17N3O4/c1-12(10-20)26-16(23)11-22-17(24)19(2,21-18(22)25)15-8-7-13-5-3-4-6-14(13)9-15/h3-9,12H,11H2,1-2H3,(H,21,25)/t12-,19+/m0/s1. The van der Waals surface area contributed by atoms with Crippen LogP contribution in [-0.4, -0.2) is 35.5 Å². The zero-order valence-corrected chi connectivity index (χ0v) is 14.4. The molecule has 1 saturated heterocycles. The number of nitrogens with one attached hydrogen (secondary N) is 1. The molecule has 2 atom stereocenters. The molecule has 0 aromatic heterocycles. The number of nitriles is 1. The zero-order valence-electron chi connectivity index (χ0n) is 14.4. The van der Waals surface area contributed by atoms with Gasteiger partial charge in [0, 0.05) is 0 Å². The molecule has 0 bridgehead atoms. The molecule has 132 valence electrons. The van der Waals surface area contributed by atoms with Crippen LogP contribution < -0.4 is 5.32 Å². The first-order valence-corrected chi connectivity index (χ1v) is 8.07. The number of carbonyl (C=O) groups is 3. The summed E-state index contributed by atoms with van der Waals surface area (Å²) in [6, 6.07) is 14.3. The third-order valence-corrected chi connectivity index (χ3v) is 4.38. The van der Waals surface area contributed by atoms with E-state index in [9.17, 15) is 14.4 Å². The summed E-state index contributed by atoms with van der Waals surface area (Å²) in [6.45, 7) is 2.46. The van der Waals surface area contributed by atoms with E-state index in [2.05, 4.69) is 5.32 Å². The second-order valence-corrected chi connectivity index (χ2v) is 6.27. The predicted octanol–water partition coefficient (Wildman–Crippen LogP) is 2.06. The van der Waals surface area contributed by atoms with Crippen LogP contribution in [0.5, 0.6) is 0 Å². The molecule has 1 fully saturated rings. The first-order valence-electron chi connectivity index (χ1n) is 8.07. The highest BCUT2D eigenvalue weighted by molar-refractivity contribution is 6.09. The second-order valence-electron chi connectivity index (χ2n) is 6.27. The van der Waals surface area contributed by atoms with Crippen LogP contribution in [0.25, 0.3) is 10.8 Å². The van der Waals surface area contributed by atoms with Crippen molar-refractivity contribution in [3.63, 3.8) is 0 Å². The van der Waals surface area contributed by atoms with Crippen LogP contribution >= 0.6 is 0 Å². The monoisotopic (exact) mass is 351 g/mol. The van der Waals surface area contributed by atoms with Crippen LogP contribution in [0, 0.1) is 11.3 Å². The van der Waals surface area contributed by atoms with Crippen molar-refractivity contribution in [2.45, 2.75) is 25.5 Å². The summed E-state index contributed by atoms with van der Waals surface area (Å²) in [5, 5.41) is 13.3. The maximum atomic E-state index is 12.8. The van der Waals surface area contributed by atoms with E-state index in [0.29, 0.717) is 5.56 Å². The van der Waals surface area contributed by atoms with Crippen molar-refractivity contribution < 1.29 is 19.1 Å². The van der Waals surface area contributed by atoms with Crippen LogP contribution in [0.2, 0.25) is 0 Å². The van der Waals surface area contributed by atoms with Crippen molar-refractivity contribution in [3.05, 3.63) is 48.0 Å². The highest BCUT2D eigenvalue weighted by Gasteiger charge is 2.49. The van der Waals surface area contributed by atoms with Gasteiger partial charge < -0.3 is 10.1 Å². The summed E-state index contributed by atoms with van der Waals surface area (Å²) < 4.78 is 4.82. The van der Waals surface area contributed by atoms with Gasteiger partial charge in [0.2, 0.25) is 0 Å². The maximum absolute atomic E-state index is 12.8. The number of imide groups is 1. The number of hydrogen-bond donors (Lipinski definition) is 1. The highest BCUT2D eigenvalue weighted by Crippen LogP contribution is 2.30. The fraction of sp³-hybridized carbons (Fsp3) is 0.263. The van der Waals surface area contributed by atoms with Crippen LogP contribution in [0.15, 0.2) is 42.5 Å². The Bertz CT molecular complexity index is 949. The number of urea groups is 1. The van der Waals surface area contributed by atoms with Gasteiger partial charge in [-0.25, -0.2) is 4.79 Å². The molecule has 0 aliphatic carbocycles. The first-order chi connectivity index (χ1) is 12.3. The molecule has 1 heterocycles. The Hall–Kier alpha value is -3.40. The normalized spacial score (nSPS) is 20.6. The predicted molar refractivity (Wildman–Crippen MR) is 92.7 cm³/mol. The van der Waals surface area contributed by atoms with Gasteiger partial charge in [-0.1, -0.05) is 36.4 Å². The van der Waals surface area contributed by atoms with Gasteiger partial charge in [-0.15, -0.1) is 0 Å². The molecule has 0 radical (unpaired) electrons. The van der Waals surface area contributed by atoms with Gasteiger partial charge in [-0.3, -0.25) is 14.5 Å². The fourth-order valence-electron chi connectivity index (χ4n) is 2.93. The quantitative estimate of drug-likeness (QED) is 0.671. The minimum absolute atomic E-state index is 0.542. The minimum atomic E-state index is -1.28. The van der Waals surface area contributed by atoms with Gasteiger partial charge in [-0.2, -0.15) is 5.26 Å². The zero-order chi connectivity index (χ0) is 18.9. The highest BCUT2D eigenvalue weighted by atomic mass is 16.5. The molecule has 26 heavy (non-hydrogen) atoms. The van der Waals surface area contributed by atoms with Gasteiger partial charge in [0.1, 0.15) is 18.2 Å². The van der Waals surface area contributed by atoms with Crippen molar-refractivity contribution >= 4 is 28.7 Å². The second kappa shape index (κ2) is 6.48. The summed E-state index contributed by atoms with van der Waals surface area (Å²) in [5.74, 6) is -1.36. The van der Waals surface area contributed by atoms with Gasteiger partial charge in [0.25, 0.3) is 5.91 Å². The Kier molecular flexibility index (Phi) is 4.34. The third-order valence-electron chi connectivity index (χ3n) is 4.38. The number of ether oxygens (including phenoxy) is 1. The molecule has 0 saturated carbocycles. The lowest BCUT2D eigenvalue weighted by atomic mass is 9.90. The average Bonchev–Trinajstić information content (AvgIpc) is 2.85.